The van der Waals surface area contributed by atoms with E-state index in [1.807, 2.05) is 24.3 Å². The summed E-state index contributed by atoms with van der Waals surface area (Å²) in [4.78, 5) is 12.8. The van der Waals surface area contributed by atoms with Gasteiger partial charge in [0.1, 0.15) is 0 Å². The normalized spacial score (nSPS) is 14.5. The summed E-state index contributed by atoms with van der Waals surface area (Å²) in [5.41, 5.74) is 17.9. The Morgan fingerprint density at radius 3 is 1.50 bits per heavy atom. The lowest BCUT2D eigenvalue weighted by molar-refractivity contribution is 0.794. The lowest BCUT2D eigenvalue weighted by atomic mass is 9.70. The molecule has 1 atom stereocenters. The molecule has 3 heteroatoms. The van der Waals surface area contributed by atoms with Gasteiger partial charge in [-0.05, 0) is 87.0 Å². The number of anilines is 3. The fraction of sp³-hybridized carbons (Fsp3) is 0.0189. The van der Waals surface area contributed by atoms with Crippen molar-refractivity contribution >= 4 is 17.1 Å². The van der Waals surface area contributed by atoms with E-state index in [0.29, 0.717) is 5.82 Å². The van der Waals surface area contributed by atoms with Crippen LogP contribution in [0.4, 0.5) is 17.1 Å². The second-order valence-corrected chi connectivity index (χ2v) is 14.5. The van der Waals surface area contributed by atoms with Crippen LogP contribution in [0.2, 0.25) is 0 Å². The third-order valence-electron chi connectivity index (χ3n) is 11.5. The van der Waals surface area contributed by atoms with Crippen molar-refractivity contribution < 1.29 is 0 Å². The molecule has 0 saturated carbocycles. The number of hydrogen-bond donors (Lipinski definition) is 0. The minimum Gasteiger partial charge on any atom is -0.310 e. The molecule has 9 aromatic rings. The summed E-state index contributed by atoms with van der Waals surface area (Å²) in [5.74, 6) is 0.712. The van der Waals surface area contributed by atoms with E-state index in [2.05, 4.69) is 193 Å². The van der Waals surface area contributed by atoms with Gasteiger partial charge in [-0.1, -0.05) is 170 Å². The van der Waals surface area contributed by atoms with Gasteiger partial charge < -0.3 is 4.90 Å². The van der Waals surface area contributed by atoms with Crippen molar-refractivity contribution in [3.8, 4) is 56.2 Å². The van der Waals surface area contributed by atoms with Gasteiger partial charge in [-0.2, -0.15) is 0 Å². The van der Waals surface area contributed by atoms with E-state index in [-0.39, 0.29) is 0 Å². The van der Waals surface area contributed by atoms with E-state index in [9.17, 15) is 0 Å². The van der Waals surface area contributed by atoms with E-state index < -0.39 is 5.41 Å². The summed E-state index contributed by atoms with van der Waals surface area (Å²) in [6.45, 7) is 0. The van der Waals surface area contributed by atoms with Gasteiger partial charge in [0.25, 0.3) is 0 Å². The largest absolute Gasteiger partial charge is 0.310 e. The maximum atomic E-state index is 5.34. The summed E-state index contributed by atoms with van der Waals surface area (Å²) < 4.78 is 0. The zero-order valence-electron chi connectivity index (χ0n) is 30.5. The average Bonchev–Trinajstić information content (AvgIpc) is 3.75. The van der Waals surface area contributed by atoms with Gasteiger partial charge in [-0.25, -0.2) is 9.97 Å². The number of benzene rings is 8. The predicted molar refractivity (Wildman–Crippen MR) is 229 cm³/mol. The fourth-order valence-electron chi connectivity index (χ4n) is 9.19. The summed E-state index contributed by atoms with van der Waals surface area (Å²) in [6, 6.07) is 76.1. The summed E-state index contributed by atoms with van der Waals surface area (Å²) in [6.07, 6.45) is 0. The van der Waals surface area contributed by atoms with Gasteiger partial charge in [0.05, 0.1) is 16.8 Å². The molecule has 1 heterocycles. The van der Waals surface area contributed by atoms with E-state index >= 15 is 0 Å². The van der Waals surface area contributed by atoms with Crippen molar-refractivity contribution in [1.82, 2.24) is 9.97 Å². The van der Waals surface area contributed by atoms with Crippen LogP contribution >= 0.6 is 0 Å². The summed E-state index contributed by atoms with van der Waals surface area (Å²) >= 11 is 0. The molecule has 262 valence electrons. The first kappa shape index (κ1) is 32.1. The minimum atomic E-state index is -0.541. The maximum absolute atomic E-state index is 5.34. The number of rotatable bonds is 6. The Bertz CT molecular complexity index is 2810. The molecule has 8 aromatic carbocycles. The van der Waals surface area contributed by atoms with Gasteiger partial charge in [-0.15, -0.1) is 0 Å². The zero-order chi connectivity index (χ0) is 37.1. The van der Waals surface area contributed by atoms with Crippen molar-refractivity contribution in [3.63, 3.8) is 0 Å². The Morgan fingerprint density at radius 2 is 0.821 bits per heavy atom. The highest BCUT2D eigenvalue weighted by Gasteiger charge is 2.52. The lowest BCUT2D eigenvalue weighted by Gasteiger charge is -2.32. The van der Waals surface area contributed by atoms with Crippen LogP contribution in [-0.4, -0.2) is 9.97 Å². The maximum Gasteiger partial charge on any atom is 0.160 e. The van der Waals surface area contributed by atoms with Gasteiger partial charge in [0.2, 0.25) is 0 Å². The second-order valence-electron chi connectivity index (χ2n) is 14.5. The SMILES string of the molecule is c1ccc(-c2cc(-c3cccc4c3-c3ccccc3C43c4ccccc4-c4ccc(N(c5ccccc5)c5ccccc5)cc43)nc(-c3ccccc3)n2)cc1. The molecule has 1 unspecified atom stereocenters. The van der Waals surface area contributed by atoms with Gasteiger partial charge in [0.15, 0.2) is 5.82 Å². The van der Waals surface area contributed by atoms with E-state index in [0.717, 1.165) is 45.1 Å². The van der Waals surface area contributed by atoms with E-state index in [1.54, 1.807) is 0 Å². The Morgan fingerprint density at radius 1 is 0.321 bits per heavy atom. The molecule has 56 heavy (non-hydrogen) atoms. The van der Waals surface area contributed by atoms with E-state index in [4.69, 9.17) is 9.97 Å². The van der Waals surface area contributed by atoms with Crippen LogP contribution in [0.15, 0.2) is 212 Å². The van der Waals surface area contributed by atoms with E-state index in [1.165, 1.54) is 44.5 Å². The molecule has 11 rings (SSSR count). The highest BCUT2D eigenvalue weighted by molar-refractivity contribution is 6.00. The third kappa shape index (κ3) is 4.84. The molecule has 3 nitrogen and oxygen atoms in total. The van der Waals surface area contributed by atoms with Gasteiger partial charge >= 0.3 is 0 Å². The molecule has 0 bridgehead atoms. The molecule has 1 aromatic heterocycles. The van der Waals surface area contributed by atoms with Crippen molar-refractivity contribution in [3.05, 3.63) is 235 Å². The Labute approximate surface area is 326 Å². The van der Waals surface area contributed by atoms with Crippen LogP contribution in [0.3, 0.4) is 0 Å². The van der Waals surface area contributed by atoms with Crippen molar-refractivity contribution in [2.45, 2.75) is 5.41 Å². The number of aromatic nitrogens is 2. The first-order valence-corrected chi connectivity index (χ1v) is 19.2. The van der Waals surface area contributed by atoms with Crippen LogP contribution in [0.1, 0.15) is 22.3 Å². The van der Waals surface area contributed by atoms with Crippen LogP contribution in [0.5, 0.6) is 0 Å². The number of nitrogens with zero attached hydrogens (tertiary/aromatic N) is 3. The molecule has 2 aliphatic carbocycles. The molecule has 0 N–H and O–H groups in total. The lowest BCUT2D eigenvalue weighted by Crippen LogP contribution is -2.26. The third-order valence-corrected chi connectivity index (χ3v) is 11.5. The smallest absolute Gasteiger partial charge is 0.160 e. The van der Waals surface area contributed by atoms with Crippen LogP contribution < -0.4 is 4.90 Å². The summed E-state index contributed by atoms with van der Waals surface area (Å²) in [5, 5.41) is 0. The highest BCUT2D eigenvalue weighted by atomic mass is 15.1. The predicted octanol–water partition coefficient (Wildman–Crippen LogP) is 13.3. The van der Waals surface area contributed by atoms with Crippen LogP contribution in [0, 0.1) is 0 Å². The Hall–Kier alpha value is -7.36. The molecule has 1 spiro atoms. The highest BCUT2D eigenvalue weighted by Crippen LogP contribution is 2.64. The van der Waals surface area contributed by atoms with Crippen LogP contribution in [0.25, 0.3) is 56.2 Å². The first-order chi connectivity index (χ1) is 27.8. The molecular formula is C53H35N3. The standard InChI is InChI=1S/C53H35N3/c1-5-18-36(19-6-1)49-35-50(55-52(54-49)37-20-7-2-8-21-37)44-28-17-31-47-51(44)43-27-14-16-30-46(43)53(47)45-29-15-13-26-41(45)42-33-32-40(34-48(42)53)56(38-22-9-3-10-23-38)39-24-11-4-12-25-39/h1-35H. The number of fused-ring (bicyclic) bond motifs is 10. The van der Waals surface area contributed by atoms with Crippen molar-refractivity contribution in [2.75, 3.05) is 4.90 Å². The molecule has 0 amide bonds. The average molecular weight is 714 g/mol. The Kier molecular flexibility index (Phi) is 7.39. The molecule has 0 aliphatic heterocycles. The van der Waals surface area contributed by atoms with Crippen molar-refractivity contribution in [1.29, 1.82) is 0 Å². The van der Waals surface area contributed by atoms with Gasteiger partial charge in [-0.3, -0.25) is 0 Å². The fourth-order valence-corrected chi connectivity index (χ4v) is 9.19. The molecule has 2 aliphatic rings. The first-order valence-electron chi connectivity index (χ1n) is 19.2. The summed E-state index contributed by atoms with van der Waals surface area (Å²) in [7, 11) is 0. The monoisotopic (exact) mass is 713 g/mol. The molecule has 0 fully saturated rings. The quantitative estimate of drug-likeness (QED) is 0.172. The van der Waals surface area contributed by atoms with Gasteiger partial charge in [0, 0.05) is 33.8 Å². The number of hydrogen-bond acceptors (Lipinski definition) is 3. The molecular weight excluding hydrogens is 679 g/mol. The number of para-hydroxylation sites is 2. The van der Waals surface area contributed by atoms with Crippen LogP contribution in [-0.2, 0) is 5.41 Å². The Balaban J connectivity index is 1.19. The second kappa shape index (κ2) is 12.9. The zero-order valence-corrected chi connectivity index (χ0v) is 30.5. The minimum absolute atomic E-state index is 0.541. The van der Waals surface area contributed by atoms with Crippen molar-refractivity contribution in [2.24, 2.45) is 0 Å². The molecule has 0 radical (unpaired) electrons. The topological polar surface area (TPSA) is 29.0 Å². The molecule has 0 saturated heterocycles.